The van der Waals surface area contributed by atoms with Crippen LogP contribution in [0.4, 0.5) is 0 Å². The van der Waals surface area contributed by atoms with Crippen molar-refractivity contribution >= 4 is 17.5 Å². The molecule has 1 aromatic carbocycles. The van der Waals surface area contributed by atoms with E-state index in [9.17, 15) is 14.4 Å². The second-order valence-corrected chi connectivity index (χ2v) is 6.42. The molecule has 2 rings (SSSR count). The molecular weight excluding hydrogens is 318 g/mol. The molecule has 132 valence electrons. The first kappa shape index (κ1) is 18.6. The van der Waals surface area contributed by atoms with Gasteiger partial charge in [-0.05, 0) is 19.1 Å². The van der Waals surface area contributed by atoms with Crippen LogP contribution in [-0.2, 0) is 27.8 Å². The summed E-state index contributed by atoms with van der Waals surface area (Å²) in [5.74, 6) is -0.862. The Kier molecular flexibility index (Phi) is 5.91. The number of nitrogens with zero attached hydrogens (tertiary/aromatic N) is 1. The Morgan fingerprint density at radius 2 is 1.68 bits per heavy atom. The number of rotatable bonds is 7. The predicted molar refractivity (Wildman–Crippen MR) is 94.5 cm³/mol. The monoisotopic (exact) mass is 341 g/mol. The number of benzene rings is 1. The molecule has 0 unspecified atom stereocenters. The quantitative estimate of drug-likeness (QED) is 0.574. The van der Waals surface area contributed by atoms with Crippen LogP contribution in [-0.4, -0.2) is 28.7 Å². The van der Waals surface area contributed by atoms with Gasteiger partial charge in [-0.2, -0.15) is 0 Å². The van der Waals surface area contributed by atoms with Crippen LogP contribution in [0.3, 0.4) is 0 Å². The third kappa shape index (κ3) is 4.66. The summed E-state index contributed by atoms with van der Waals surface area (Å²) in [6, 6.07) is 10.8. The number of carbonyl (C=O) groups is 3. The Labute approximate surface area is 147 Å². The van der Waals surface area contributed by atoms with Gasteiger partial charge in [-0.15, -0.1) is 0 Å². The van der Waals surface area contributed by atoms with Crippen LogP contribution in [0.15, 0.2) is 36.4 Å². The van der Waals surface area contributed by atoms with E-state index in [1.54, 1.807) is 49.7 Å². The summed E-state index contributed by atoms with van der Waals surface area (Å²) in [6.45, 7) is 5.27. The Morgan fingerprint density at radius 3 is 2.28 bits per heavy atom. The minimum atomic E-state index is -0.482. The van der Waals surface area contributed by atoms with Crippen LogP contribution >= 0.6 is 0 Å². The highest BCUT2D eigenvalue weighted by Gasteiger charge is 2.17. The van der Waals surface area contributed by atoms with E-state index in [0.717, 1.165) is 5.56 Å². The highest BCUT2D eigenvalue weighted by atomic mass is 16.5. The van der Waals surface area contributed by atoms with Gasteiger partial charge in [0, 0.05) is 24.2 Å². The number of ketones is 2. The number of Topliss-reactive ketones (excluding diaryl/α,β-unsaturated/α-hetero) is 1. The van der Waals surface area contributed by atoms with E-state index in [1.165, 1.54) is 0 Å². The van der Waals surface area contributed by atoms with Crippen molar-refractivity contribution in [2.24, 2.45) is 13.0 Å². The van der Waals surface area contributed by atoms with Gasteiger partial charge in [0.05, 0.1) is 12.1 Å². The van der Waals surface area contributed by atoms with Crippen molar-refractivity contribution in [3.63, 3.8) is 0 Å². The molecule has 0 saturated heterocycles. The zero-order chi connectivity index (χ0) is 18.6. The largest absolute Gasteiger partial charge is 0.457 e. The molecule has 0 N–H and O–H groups in total. The first-order valence-corrected chi connectivity index (χ1v) is 8.24. The molecule has 0 saturated carbocycles. The van der Waals surface area contributed by atoms with E-state index in [0.29, 0.717) is 17.0 Å². The molecular formula is C20H23NO4. The number of hydrogen-bond acceptors (Lipinski definition) is 4. The van der Waals surface area contributed by atoms with Gasteiger partial charge in [0.25, 0.3) is 0 Å². The van der Waals surface area contributed by atoms with Crippen molar-refractivity contribution < 1.29 is 19.1 Å². The highest BCUT2D eigenvalue weighted by molar-refractivity contribution is 6.08. The first-order valence-electron chi connectivity index (χ1n) is 8.24. The summed E-state index contributed by atoms with van der Waals surface area (Å²) in [5.41, 5.74) is 2.86. The van der Waals surface area contributed by atoms with Crippen molar-refractivity contribution in [3.05, 3.63) is 58.9 Å². The number of aryl methyl sites for hydroxylation is 1. The fraction of sp³-hybridized carbons (Fsp3) is 0.350. The molecule has 0 atom stereocenters. The van der Waals surface area contributed by atoms with Crippen LogP contribution in [0, 0.1) is 12.8 Å². The maximum atomic E-state index is 12.6. The topological polar surface area (TPSA) is 65.4 Å². The van der Waals surface area contributed by atoms with E-state index < -0.39 is 5.97 Å². The standard InChI is InChI=1S/C20H23NO4/c1-13(2)18(22)12-25-19(23)11-16-9-10-17(21(16)4)20(24)15-7-5-14(3)6-8-15/h5-10,13H,11-12H2,1-4H3. The summed E-state index contributed by atoms with van der Waals surface area (Å²) in [4.78, 5) is 36.0. The maximum Gasteiger partial charge on any atom is 0.312 e. The van der Waals surface area contributed by atoms with Crippen LogP contribution in [0.2, 0.25) is 0 Å². The summed E-state index contributed by atoms with van der Waals surface area (Å²) in [7, 11) is 1.74. The molecule has 0 aliphatic heterocycles. The minimum Gasteiger partial charge on any atom is -0.457 e. The smallest absolute Gasteiger partial charge is 0.312 e. The van der Waals surface area contributed by atoms with Crippen molar-refractivity contribution in [3.8, 4) is 0 Å². The SMILES string of the molecule is Cc1ccc(C(=O)c2ccc(CC(=O)OCC(=O)C(C)C)n2C)cc1. The average molecular weight is 341 g/mol. The molecule has 0 aliphatic carbocycles. The average Bonchev–Trinajstić information content (AvgIpc) is 2.93. The number of aromatic nitrogens is 1. The summed E-state index contributed by atoms with van der Waals surface area (Å²) >= 11 is 0. The molecule has 5 nitrogen and oxygen atoms in total. The minimum absolute atomic E-state index is 0.0169. The first-order chi connectivity index (χ1) is 11.8. The zero-order valence-corrected chi connectivity index (χ0v) is 15.0. The molecule has 25 heavy (non-hydrogen) atoms. The number of ether oxygens (including phenoxy) is 1. The van der Waals surface area contributed by atoms with Crippen molar-refractivity contribution in [2.75, 3.05) is 6.61 Å². The Bertz CT molecular complexity index is 785. The number of hydrogen-bond donors (Lipinski definition) is 0. The van der Waals surface area contributed by atoms with Gasteiger partial charge in [0.2, 0.25) is 5.78 Å². The molecule has 0 bridgehead atoms. The Balaban J connectivity index is 2.05. The molecule has 0 aliphatic rings. The van der Waals surface area contributed by atoms with Gasteiger partial charge < -0.3 is 9.30 Å². The molecule has 5 heteroatoms. The summed E-state index contributed by atoms with van der Waals surface area (Å²) in [6.07, 6.45) is 0.0169. The summed E-state index contributed by atoms with van der Waals surface area (Å²) < 4.78 is 6.69. The molecule has 0 radical (unpaired) electrons. The van der Waals surface area contributed by atoms with Gasteiger partial charge >= 0.3 is 5.97 Å². The Morgan fingerprint density at radius 1 is 1.04 bits per heavy atom. The van der Waals surface area contributed by atoms with Crippen molar-refractivity contribution in [1.82, 2.24) is 4.57 Å². The van der Waals surface area contributed by atoms with Gasteiger partial charge in [-0.25, -0.2) is 0 Å². The third-order valence-corrected chi connectivity index (χ3v) is 4.12. The second kappa shape index (κ2) is 7.92. The van der Waals surface area contributed by atoms with Gasteiger partial charge in [-0.1, -0.05) is 43.7 Å². The molecule has 2 aromatic rings. The molecule has 1 aromatic heterocycles. The number of esters is 1. The van der Waals surface area contributed by atoms with E-state index in [2.05, 4.69) is 0 Å². The fourth-order valence-electron chi connectivity index (χ4n) is 2.33. The van der Waals surface area contributed by atoms with Gasteiger partial charge in [0.1, 0.15) is 6.61 Å². The molecule has 0 fully saturated rings. The van der Waals surface area contributed by atoms with E-state index in [1.807, 2.05) is 19.1 Å². The highest BCUT2D eigenvalue weighted by Crippen LogP contribution is 2.15. The normalized spacial score (nSPS) is 10.8. The van der Waals surface area contributed by atoms with Gasteiger partial charge in [-0.3, -0.25) is 14.4 Å². The van der Waals surface area contributed by atoms with E-state index in [4.69, 9.17) is 4.74 Å². The lowest BCUT2D eigenvalue weighted by Gasteiger charge is -2.09. The van der Waals surface area contributed by atoms with Crippen LogP contribution in [0.1, 0.15) is 41.2 Å². The fourth-order valence-corrected chi connectivity index (χ4v) is 2.33. The second-order valence-electron chi connectivity index (χ2n) is 6.42. The predicted octanol–water partition coefficient (Wildman–Crippen LogP) is 2.88. The van der Waals surface area contributed by atoms with Crippen LogP contribution < -0.4 is 0 Å². The Hall–Kier alpha value is -2.69. The van der Waals surface area contributed by atoms with Crippen LogP contribution in [0.5, 0.6) is 0 Å². The van der Waals surface area contributed by atoms with Crippen LogP contribution in [0.25, 0.3) is 0 Å². The molecule has 0 spiro atoms. The molecule has 1 heterocycles. The molecule has 0 amide bonds. The van der Waals surface area contributed by atoms with E-state index in [-0.39, 0.29) is 30.5 Å². The van der Waals surface area contributed by atoms with Crippen molar-refractivity contribution in [2.45, 2.75) is 27.2 Å². The third-order valence-electron chi connectivity index (χ3n) is 4.12. The maximum absolute atomic E-state index is 12.6. The van der Waals surface area contributed by atoms with Crippen molar-refractivity contribution in [1.29, 1.82) is 0 Å². The lowest BCUT2D eigenvalue weighted by Crippen LogP contribution is -2.20. The summed E-state index contributed by atoms with van der Waals surface area (Å²) in [5, 5.41) is 0. The lowest BCUT2D eigenvalue weighted by molar-refractivity contribution is -0.148. The number of carbonyl (C=O) groups excluding carboxylic acids is 3. The van der Waals surface area contributed by atoms with E-state index >= 15 is 0 Å². The lowest BCUT2D eigenvalue weighted by atomic mass is 10.1. The van der Waals surface area contributed by atoms with Gasteiger partial charge in [0.15, 0.2) is 5.78 Å². The zero-order valence-electron chi connectivity index (χ0n) is 15.0.